The van der Waals surface area contributed by atoms with Crippen LogP contribution in [0.15, 0.2) is 48.6 Å². The number of aromatic nitrogens is 3. The van der Waals surface area contributed by atoms with Crippen molar-refractivity contribution in [3.63, 3.8) is 0 Å². The van der Waals surface area contributed by atoms with Gasteiger partial charge in [-0.05, 0) is 44.0 Å². The zero-order valence-electron chi connectivity index (χ0n) is 18.2. The fourth-order valence-corrected chi connectivity index (χ4v) is 4.23. The molecule has 1 fully saturated rings. The molecule has 4 heterocycles. The minimum absolute atomic E-state index is 0.224. The predicted molar refractivity (Wildman–Crippen MR) is 123 cm³/mol. The van der Waals surface area contributed by atoms with Crippen LogP contribution in [0.5, 0.6) is 0 Å². The van der Waals surface area contributed by atoms with Crippen molar-refractivity contribution in [2.45, 2.75) is 32.0 Å². The minimum atomic E-state index is -0.415. The smallest absolute Gasteiger partial charge is 0.275 e. The predicted octanol–water partition coefficient (Wildman–Crippen LogP) is 2.30. The third kappa shape index (κ3) is 3.99. The summed E-state index contributed by atoms with van der Waals surface area (Å²) in [5.74, 6) is -0.253. The topological polar surface area (TPSA) is 110 Å². The highest BCUT2D eigenvalue weighted by atomic mass is 16.5. The minimum Gasteiger partial charge on any atom is -0.472 e. The van der Waals surface area contributed by atoms with Crippen LogP contribution >= 0.6 is 0 Å². The summed E-state index contributed by atoms with van der Waals surface area (Å²) in [4.78, 5) is 19.6. The molecule has 4 N–H and O–H groups in total. The number of nitrogens with one attached hydrogen (secondary N) is 2. The first-order chi connectivity index (χ1) is 15.5. The zero-order valence-corrected chi connectivity index (χ0v) is 18.2. The van der Waals surface area contributed by atoms with Gasteiger partial charge in [0.05, 0.1) is 16.9 Å². The Bertz CT molecular complexity index is 1190. The van der Waals surface area contributed by atoms with E-state index in [1.54, 1.807) is 10.9 Å². The molecule has 1 unspecified atom stereocenters. The molecule has 0 aliphatic carbocycles. The Morgan fingerprint density at radius 1 is 1.28 bits per heavy atom. The highest BCUT2D eigenvalue weighted by molar-refractivity contribution is 6.06. The molecule has 1 amide bonds. The van der Waals surface area contributed by atoms with E-state index < -0.39 is 6.23 Å². The number of hydrogen-bond acceptors (Lipinski definition) is 7. The third-order valence-electron chi connectivity index (χ3n) is 5.94. The Morgan fingerprint density at radius 2 is 2.09 bits per heavy atom. The van der Waals surface area contributed by atoms with E-state index in [9.17, 15) is 4.79 Å². The first-order valence-corrected chi connectivity index (χ1v) is 10.8. The average molecular weight is 434 g/mol. The number of hydrogen-bond donors (Lipinski definition) is 3. The maximum atomic E-state index is 13.1. The number of piperidine rings is 1. The van der Waals surface area contributed by atoms with Gasteiger partial charge in [-0.2, -0.15) is 5.10 Å². The van der Waals surface area contributed by atoms with Crippen molar-refractivity contribution >= 4 is 28.2 Å². The Kier molecular flexibility index (Phi) is 5.18. The maximum absolute atomic E-state index is 13.1. The van der Waals surface area contributed by atoms with Crippen LogP contribution in [0.25, 0.3) is 10.9 Å². The molecule has 9 nitrogen and oxygen atoms in total. The lowest BCUT2D eigenvalue weighted by molar-refractivity contribution is -0.113. The lowest BCUT2D eigenvalue weighted by atomic mass is 10.0. The van der Waals surface area contributed by atoms with E-state index in [1.807, 2.05) is 44.4 Å². The maximum Gasteiger partial charge on any atom is 0.275 e. The van der Waals surface area contributed by atoms with Crippen molar-refractivity contribution in [2.75, 3.05) is 23.3 Å². The number of fused-ring (bicyclic) bond motifs is 1. The summed E-state index contributed by atoms with van der Waals surface area (Å²) in [5, 5.41) is 11.7. The van der Waals surface area contributed by atoms with Crippen LogP contribution in [-0.4, -0.2) is 39.8 Å². The van der Waals surface area contributed by atoms with Crippen molar-refractivity contribution < 1.29 is 9.53 Å². The fraction of sp³-hybridized carbons (Fsp3) is 0.348. The summed E-state index contributed by atoms with van der Waals surface area (Å²) in [6.45, 7) is 3.61. The molecular formula is C23H27N7O2. The van der Waals surface area contributed by atoms with Gasteiger partial charge in [-0.25, -0.2) is 0 Å². The van der Waals surface area contributed by atoms with E-state index in [0.717, 1.165) is 59.5 Å². The van der Waals surface area contributed by atoms with Crippen molar-refractivity contribution in [3.8, 4) is 0 Å². The summed E-state index contributed by atoms with van der Waals surface area (Å²) < 4.78 is 7.48. The first kappa shape index (κ1) is 20.3. The average Bonchev–Trinajstić information content (AvgIpc) is 3.40. The van der Waals surface area contributed by atoms with Gasteiger partial charge in [-0.1, -0.05) is 0 Å². The summed E-state index contributed by atoms with van der Waals surface area (Å²) in [7, 11) is 1.89. The molecule has 9 heteroatoms. The summed E-state index contributed by atoms with van der Waals surface area (Å²) in [6.07, 6.45) is 6.56. The molecule has 0 saturated carbocycles. The van der Waals surface area contributed by atoms with Gasteiger partial charge in [0.2, 0.25) is 0 Å². The van der Waals surface area contributed by atoms with Gasteiger partial charge >= 0.3 is 0 Å². The third-order valence-corrected chi connectivity index (χ3v) is 5.94. The van der Waals surface area contributed by atoms with Crippen LogP contribution in [0.3, 0.4) is 0 Å². The van der Waals surface area contributed by atoms with Gasteiger partial charge in [0.25, 0.3) is 5.91 Å². The van der Waals surface area contributed by atoms with Crippen LogP contribution in [0.1, 0.15) is 30.3 Å². The quantitative estimate of drug-likeness (QED) is 0.579. The van der Waals surface area contributed by atoms with Gasteiger partial charge in [0.1, 0.15) is 12.0 Å². The Morgan fingerprint density at radius 3 is 2.88 bits per heavy atom. The molecule has 1 atom stereocenters. The number of anilines is 2. The van der Waals surface area contributed by atoms with E-state index in [0.29, 0.717) is 5.70 Å². The van der Waals surface area contributed by atoms with E-state index in [4.69, 9.17) is 10.5 Å². The summed E-state index contributed by atoms with van der Waals surface area (Å²) in [6, 6.07) is 8.04. The Hall–Kier alpha value is -3.59. The lowest BCUT2D eigenvalue weighted by Gasteiger charge is -2.33. The van der Waals surface area contributed by atoms with Crippen molar-refractivity contribution in [1.29, 1.82) is 0 Å². The van der Waals surface area contributed by atoms with E-state index in [-0.39, 0.29) is 11.9 Å². The lowest BCUT2D eigenvalue weighted by Crippen LogP contribution is -2.40. The number of ether oxygens (including phenoxy) is 1. The Balaban J connectivity index is 1.38. The number of nitrogens with zero attached hydrogens (tertiary/aromatic N) is 4. The number of carbonyl (C=O) groups is 1. The molecule has 0 spiro atoms. The molecular weight excluding hydrogens is 406 g/mol. The van der Waals surface area contributed by atoms with Crippen LogP contribution in [0.2, 0.25) is 0 Å². The number of carbonyl (C=O) groups excluding carboxylic acids is 1. The number of pyridine rings is 1. The Labute approximate surface area is 186 Å². The van der Waals surface area contributed by atoms with E-state index in [1.165, 1.54) is 6.26 Å². The largest absolute Gasteiger partial charge is 0.472 e. The van der Waals surface area contributed by atoms with Crippen LogP contribution in [-0.2, 0) is 16.6 Å². The normalized spacial score (nSPS) is 18.9. The molecule has 2 aliphatic rings. The molecule has 1 saturated heterocycles. The van der Waals surface area contributed by atoms with Crippen LogP contribution in [0.4, 0.5) is 11.4 Å². The monoisotopic (exact) mass is 433 g/mol. The second-order valence-electron chi connectivity index (χ2n) is 8.43. The van der Waals surface area contributed by atoms with E-state index >= 15 is 0 Å². The number of rotatable bonds is 4. The molecule has 5 rings (SSSR count). The zero-order chi connectivity index (χ0) is 22.2. The summed E-state index contributed by atoms with van der Waals surface area (Å²) >= 11 is 0. The molecule has 0 radical (unpaired) electrons. The first-order valence-electron chi connectivity index (χ1n) is 10.8. The van der Waals surface area contributed by atoms with Gasteiger partial charge in [0, 0.05) is 55.2 Å². The molecule has 166 valence electrons. The van der Waals surface area contributed by atoms with Crippen LogP contribution in [0, 0.1) is 6.92 Å². The molecule has 2 aromatic heterocycles. The molecule has 0 bridgehead atoms. The SMILES string of the molecule is Cc1cc(C2NC(C(=O)Nc3cc4cn(C)nc4cc3N3CCC(N)CC3)=CO2)ccn1. The number of benzene rings is 1. The van der Waals surface area contributed by atoms with Gasteiger partial charge in [0.15, 0.2) is 6.23 Å². The van der Waals surface area contributed by atoms with Gasteiger partial charge in [-0.3, -0.25) is 14.5 Å². The standard InChI is InChI=1S/C23H27N7O2/c1-14-9-15(3-6-25-14)23-27-20(13-32-23)22(31)26-19-10-16-12-29(2)28-18(16)11-21(19)30-7-4-17(24)5-8-30/h3,6,9-13,17,23,27H,4-5,7-8,24H2,1-2H3,(H,26,31). The van der Waals surface area contributed by atoms with Crippen molar-refractivity contribution in [1.82, 2.24) is 20.1 Å². The number of aryl methyl sites for hydroxylation is 2. The summed E-state index contributed by atoms with van der Waals surface area (Å²) in [5.41, 5.74) is 10.9. The van der Waals surface area contributed by atoms with Crippen LogP contribution < -0.4 is 21.3 Å². The highest BCUT2D eigenvalue weighted by Gasteiger charge is 2.26. The molecule has 1 aromatic carbocycles. The molecule has 3 aromatic rings. The number of nitrogens with two attached hydrogens (primary N) is 1. The van der Waals surface area contributed by atoms with Crippen molar-refractivity contribution in [3.05, 3.63) is 59.9 Å². The molecule has 2 aliphatic heterocycles. The van der Waals surface area contributed by atoms with Gasteiger partial charge in [-0.15, -0.1) is 0 Å². The highest BCUT2D eigenvalue weighted by Crippen LogP contribution is 2.33. The van der Waals surface area contributed by atoms with E-state index in [2.05, 4.69) is 25.6 Å². The second-order valence-corrected chi connectivity index (χ2v) is 8.43. The second kappa shape index (κ2) is 8.16. The molecule has 32 heavy (non-hydrogen) atoms. The number of amides is 1. The fourth-order valence-electron chi connectivity index (χ4n) is 4.23. The van der Waals surface area contributed by atoms with Crippen molar-refractivity contribution in [2.24, 2.45) is 12.8 Å². The van der Waals surface area contributed by atoms with Gasteiger partial charge < -0.3 is 26.0 Å².